The lowest BCUT2D eigenvalue weighted by Gasteiger charge is -2.34. The first-order chi connectivity index (χ1) is 6.89. The van der Waals surface area contributed by atoms with Gasteiger partial charge in [0.2, 0.25) is 0 Å². The van der Waals surface area contributed by atoms with Crippen molar-refractivity contribution in [3.05, 3.63) is 0 Å². The maximum absolute atomic E-state index is 5.64. The third-order valence-corrected chi connectivity index (χ3v) is 4.98. The molecule has 0 aromatic rings. The quantitative estimate of drug-likeness (QED) is 0.486. The van der Waals surface area contributed by atoms with E-state index >= 15 is 0 Å². The van der Waals surface area contributed by atoms with Gasteiger partial charge in [-0.05, 0) is 20.8 Å². The maximum Gasteiger partial charge on any atom is 0.503 e. The van der Waals surface area contributed by atoms with Crippen LogP contribution in [-0.2, 0) is 13.3 Å². The van der Waals surface area contributed by atoms with E-state index in [1.54, 1.807) is 6.92 Å². The summed E-state index contributed by atoms with van der Waals surface area (Å²) in [7, 11) is -2.68. The van der Waals surface area contributed by atoms with Gasteiger partial charge in [0.05, 0.1) is 0 Å². The Balaban J connectivity index is 4.60. The lowest BCUT2D eigenvalue weighted by molar-refractivity contribution is -0.0135. The van der Waals surface area contributed by atoms with Crippen molar-refractivity contribution in [1.82, 2.24) is 0 Å². The molecule has 0 saturated carbocycles. The largest absolute Gasteiger partial charge is 0.503 e. The number of hydrogen-bond acceptors (Lipinski definition) is 5. The van der Waals surface area contributed by atoms with Gasteiger partial charge in [-0.2, -0.15) is 0 Å². The molecule has 0 aliphatic rings. The summed E-state index contributed by atoms with van der Waals surface area (Å²) in [6, 6.07) is 0.735. The monoisotopic (exact) mass is 236 g/mol. The van der Waals surface area contributed by atoms with Crippen LogP contribution in [-0.4, -0.2) is 27.9 Å². The fourth-order valence-corrected chi connectivity index (χ4v) is 4.13. The van der Waals surface area contributed by atoms with Gasteiger partial charge in [-0.3, -0.25) is 11.5 Å². The molecular formula is C9H24N2O3Si. The van der Waals surface area contributed by atoms with Gasteiger partial charge in [-0.15, -0.1) is 0 Å². The van der Waals surface area contributed by atoms with Crippen molar-refractivity contribution < 1.29 is 13.3 Å². The molecule has 0 atom stereocenters. The Morgan fingerprint density at radius 1 is 1.07 bits per heavy atom. The molecule has 0 unspecified atom stereocenters. The predicted octanol–water partition coefficient (Wildman–Crippen LogP) is 1.02. The van der Waals surface area contributed by atoms with E-state index in [0.29, 0.717) is 13.2 Å². The van der Waals surface area contributed by atoms with Gasteiger partial charge in [0.1, 0.15) is 0 Å². The smallest absolute Gasteiger partial charge is 0.374 e. The molecule has 0 aromatic carbocycles. The molecule has 92 valence electrons. The van der Waals surface area contributed by atoms with Crippen LogP contribution in [0.2, 0.25) is 6.04 Å². The summed E-state index contributed by atoms with van der Waals surface area (Å²) in [5.41, 5.74) is 11.3. The Morgan fingerprint density at radius 2 is 1.53 bits per heavy atom. The fourth-order valence-electron chi connectivity index (χ4n) is 1.38. The van der Waals surface area contributed by atoms with E-state index in [1.807, 2.05) is 20.8 Å². The van der Waals surface area contributed by atoms with E-state index in [-0.39, 0.29) is 0 Å². The lowest BCUT2D eigenvalue weighted by Crippen LogP contribution is -2.60. The van der Waals surface area contributed by atoms with Crippen LogP contribution in [0.1, 0.15) is 34.1 Å². The molecule has 6 heteroatoms. The molecule has 15 heavy (non-hydrogen) atoms. The predicted molar refractivity (Wildman–Crippen MR) is 62.0 cm³/mol. The van der Waals surface area contributed by atoms with Crippen LogP contribution in [0.15, 0.2) is 0 Å². The minimum absolute atomic E-state index is 0.544. The molecule has 5 nitrogen and oxygen atoms in total. The van der Waals surface area contributed by atoms with E-state index in [2.05, 4.69) is 0 Å². The van der Waals surface area contributed by atoms with E-state index in [0.717, 1.165) is 12.5 Å². The Labute approximate surface area is 93.4 Å². The van der Waals surface area contributed by atoms with Gasteiger partial charge in [0.25, 0.3) is 0 Å². The highest BCUT2D eigenvalue weighted by Gasteiger charge is 2.43. The molecule has 0 spiro atoms. The second kappa shape index (κ2) is 6.57. The first-order valence-corrected chi connectivity index (χ1v) is 7.38. The van der Waals surface area contributed by atoms with Crippen molar-refractivity contribution >= 4 is 8.80 Å². The van der Waals surface area contributed by atoms with Gasteiger partial charge in [-0.25, -0.2) is 0 Å². The van der Waals surface area contributed by atoms with Crippen LogP contribution in [0.3, 0.4) is 0 Å². The summed E-state index contributed by atoms with van der Waals surface area (Å²) < 4.78 is 16.8. The van der Waals surface area contributed by atoms with Crippen LogP contribution in [0.25, 0.3) is 0 Å². The Kier molecular flexibility index (Phi) is 6.57. The van der Waals surface area contributed by atoms with Crippen molar-refractivity contribution in [2.24, 2.45) is 11.5 Å². The highest BCUT2D eigenvalue weighted by molar-refractivity contribution is 6.60. The van der Waals surface area contributed by atoms with Gasteiger partial charge >= 0.3 is 8.80 Å². The minimum Gasteiger partial charge on any atom is -0.374 e. The van der Waals surface area contributed by atoms with E-state index in [9.17, 15) is 0 Å². The summed E-state index contributed by atoms with van der Waals surface area (Å²) in [6.07, 6.45) is 0.919. The molecule has 0 aromatic heterocycles. The zero-order valence-electron chi connectivity index (χ0n) is 10.2. The molecule has 4 N–H and O–H groups in total. The fraction of sp³-hybridized carbons (Fsp3) is 1.00. The molecule has 0 bridgehead atoms. The first kappa shape index (κ1) is 15.0. The third-order valence-electron chi connectivity index (χ3n) is 1.66. The molecule has 0 aliphatic carbocycles. The van der Waals surface area contributed by atoms with Crippen LogP contribution in [0.4, 0.5) is 0 Å². The van der Waals surface area contributed by atoms with Crippen molar-refractivity contribution in [3.8, 4) is 0 Å². The molecule has 0 heterocycles. The second-order valence-corrected chi connectivity index (χ2v) is 6.23. The van der Waals surface area contributed by atoms with Crippen molar-refractivity contribution in [3.63, 3.8) is 0 Å². The number of hydrogen-bond donors (Lipinski definition) is 2. The summed E-state index contributed by atoms with van der Waals surface area (Å²) >= 11 is 0. The minimum atomic E-state index is -2.68. The normalized spacial score (nSPS) is 13.2. The van der Waals surface area contributed by atoms with Crippen LogP contribution in [0.5, 0.6) is 0 Å². The van der Waals surface area contributed by atoms with E-state index < -0.39 is 14.7 Å². The molecule has 0 amide bonds. The summed E-state index contributed by atoms with van der Waals surface area (Å²) in [6.45, 7) is 8.55. The Morgan fingerprint density at radius 3 is 1.80 bits per heavy atom. The highest BCUT2D eigenvalue weighted by Crippen LogP contribution is 2.20. The van der Waals surface area contributed by atoms with Crippen LogP contribution < -0.4 is 11.5 Å². The number of nitrogens with two attached hydrogens (primary N) is 2. The summed E-state index contributed by atoms with van der Waals surface area (Å²) in [5, 5.41) is 0. The van der Waals surface area contributed by atoms with E-state index in [1.165, 1.54) is 0 Å². The lowest BCUT2D eigenvalue weighted by atomic mass is 10.6. The Hall–Kier alpha value is 0.0169. The van der Waals surface area contributed by atoms with E-state index in [4.69, 9.17) is 24.7 Å². The summed E-state index contributed by atoms with van der Waals surface area (Å²) in [5.74, 6) is -1.20. The zero-order valence-corrected chi connectivity index (χ0v) is 11.2. The van der Waals surface area contributed by atoms with Gasteiger partial charge in [0.15, 0.2) is 5.85 Å². The average Bonchev–Trinajstić information content (AvgIpc) is 2.01. The molecule has 0 aliphatic heterocycles. The van der Waals surface area contributed by atoms with Gasteiger partial charge in [0, 0.05) is 19.3 Å². The molecule has 0 saturated heterocycles. The number of rotatable bonds is 8. The molecule has 0 radical (unpaired) electrons. The van der Waals surface area contributed by atoms with Gasteiger partial charge < -0.3 is 13.3 Å². The standard InChI is InChI=1S/C9H24N2O3Si/c1-5-8-15(12-6-2,13-7-3)14-9(4,10)11/h5-8,10-11H2,1-4H3. The molecule has 0 fully saturated rings. The van der Waals surface area contributed by atoms with Crippen LogP contribution in [0, 0.1) is 0 Å². The van der Waals surface area contributed by atoms with Crippen molar-refractivity contribution in [1.29, 1.82) is 0 Å². The second-order valence-electron chi connectivity index (χ2n) is 3.58. The topological polar surface area (TPSA) is 79.7 Å². The SMILES string of the molecule is CCC[Si](OCC)(OCC)OC(C)(N)N. The van der Waals surface area contributed by atoms with Gasteiger partial charge in [-0.1, -0.05) is 13.3 Å². The molecular weight excluding hydrogens is 212 g/mol. The average molecular weight is 236 g/mol. The van der Waals surface area contributed by atoms with Crippen molar-refractivity contribution in [2.75, 3.05) is 13.2 Å². The first-order valence-electron chi connectivity index (χ1n) is 5.45. The highest BCUT2D eigenvalue weighted by atomic mass is 28.4. The Bertz CT molecular complexity index is 156. The zero-order chi connectivity index (χ0) is 11.9. The summed E-state index contributed by atoms with van der Waals surface area (Å²) in [4.78, 5) is 0. The maximum atomic E-state index is 5.64. The van der Waals surface area contributed by atoms with Crippen LogP contribution >= 0.6 is 0 Å². The molecule has 0 rings (SSSR count). The third kappa shape index (κ3) is 6.24. The van der Waals surface area contributed by atoms with Crippen molar-refractivity contribution in [2.45, 2.75) is 46.0 Å².